The summed E-state index contributed by atoms with van der Waals surface area (Å²) < 4.78 is 7.75. The minimum atomic E-state index is -0.361. The standard InChI is InChI=1S/C28H40N4O4/c1-4-5-12-27(2,3)25(34)31-16-13-28(14-17-31)18-21(36-20-28)19-29-24(33)11-8-15-32-23-10-7-6-9-22(23)30-26(32)35/h4,6-7,9-10,21H,1,5,8,11-20H2,2-3H3,(H,29,33)(H,30,35). The molecule has 1 aromatic heterocycles. The summed E-state index contributed by atoms with van der Waals surface area (Å²) in [5.74, 6) is 0.214. The molecule has 8 heteroatoms. The van der Waals surface area contributed by atoms with Crippen LogP contribution in [0.2, 0.25) is 0 Å². The fraction of sp³-hybridized carbons (Fsp3) is 0.607. The average Bonchev–Trinajstić information content (AvgIpc) is 3.41. The monoisotopic (exact) mass is 496 g/mol. The Labute approximate surface area is 213 Å². The van der Waals surface area contributed by atoms with Crippen LogP contribution in [-0.4, -0.2) is 58.6 Å². The number of H-pyrrole nitrogens is 1. The molecule has 2 aliphatic heterocycles. The summed E-state index contributed by atoms with van der Waals surface area (Å²) in [6, 6.07) is 7.58. The van der Waals surface area contributed by atoms with E-state index in [1.165, 1.54) is 0 Å². The first kappa shape index (κ1) is 26.2. The van der Waals surface area contributed by atoms with E-state index in [1.807, 2.05) is 49.1 Å². The third-order valence-corrected chi connectivity index (χ3v) is 7.94. The molecule has 1 unspecified atom stereocenters. The van der Waals surface area contributed by atoms with Crippen LogP contribution in [-0.2, 0) is 20.9 Å². The summed E-state index contributed by atoms with van der Waals surface area (Å²) in [4.78, 5) is 42.5. The van der Waals surface area contributed by atoms with Crippen LogP contribution in [0.25, 0.3) is 11.0 Å². The number of nitrogens with one attached hydrogen (secondary N) is 2. The Morgan fingerprint density at radius 3 is 2.78 bits per heavy atom. The van der Waals surface area contributed by atoms with E-state index < -0.39 is 0 Å². The number of fused-ring (bicyclic) bond motifs is 1. The van der Waals surface area contributed by atoms with Gasteiger partial charge < -0.3 is 19.9 Å². The molecule has 2 amide bonds. The number of ether oxygens (including phenoxy) is 1. The summed E-state index contributed by atoms with van der Waals surface area (Å²) in [7, 11) is 0. The zero-order valence-electron chi connectivity index (χ0n) is 21.7. The minimum absolute atomic E-state index is 0.0106. The van der Waals surface area contributed by atoms with Gasteiger partial charge in [-0.3, -0.25) is 14.2 Å². The second-order valence-electron chi connectivity index (χ2n) is 11.1. The van der Waals surface area contributed by atoms with Crippen molar-refractivity contribution in [1.29, 1.82) is 0 Å². The summed E-state index contributed by atoms with van der Waals surface area (Å²) >= 11 is 0. The number of aryl methyl sites for hydroxylation is 1. The predicted octanol–water partition coefficient (Wildman–Crippen LogP) is 3.62. The normalized spacial score (nSPS) is 19.6. The van der Waals surface area contributed by atoms with E-state index in [0.29, 0.717) is 32.5 Å². The number of carbonyl (C=O) groups is 2. The van der Waals surface area contributed by atoms with Gasteiger partial charge in [-0.1, -0.05) is 32.1 Å². The molecule has 36 heavy (non-hydrogen) atoms. The molecule has 2 fully saturated rings. The van der Waals surface area contributed by atoms with Crippen molar-refractivity contribution in [1.82, 2.24) is 19.8 Å². The van der Waals surface area contributed by atoms with Crippen molar-refractivity contribution < 1.29 is 14.3 Å². The van der Waals surface area contributed by atoms with Crippen LogP contribution in [0.5, 0.6) is 0 Å². The molecule has 0 aliphatic carbocycles. The number of aromatic amines is 1. The highest BCUT2D eigenvalue weighted by atomic mass is 16.5. The Morgan fingerprint density at radius 2 is 2.03 bits per heavy atom. The van der Waals surface area contributed by atoms with Crippen LogP contribution in [0.4, 0.5) is 0 Å². The molecule has 1 atom stereocenters. The lowest BCUT2D eigenvalue weighted by molar-refractivity contribution is -0.143. The fourth-order valence-corrected chi connectivity index (χ4v) is 5.60. The van der Waals surface area contributed by atoms with Gasteiger partial charge in [-0.2, -0.15) is 0 Å². The van der Waals surface area contributed by atoms with Gasteiger partial charge in [-0.25, -0.2) is 4.79 Å². The highest BCUT2D eigenvalue weighted by molar-refractivity contribution is 5.82. The number of piperidine rings is 1. The number of para-hydroxylation sites is 2. The minimum Gasteiger partial charge on any atom is -0.376 e. The molecule has 2 aliphatic rings. The Kier molecular flexibility index (Phi) is 8.03. The quantitative estimate of drug-likeness (QED) is 0.491. The summed E-state index contributed by atoms with van der Waals surface area (Å²) in [6.07, 6.45) is 7.31. The number of likely N-dealkylation sites (tertiary alicyclic amines) is 1. The molecule has 1 spiro atoms. The number of imidazole rings is 1. The predicted molar refractivity (Wildman–Crippen MR) is 141 cm³/mol. The van der Waals surface area contributed by atoms with Gasteiger partial charge in [0.15, 0.2) is 0 Å². The first-order valence-corrected chi connectivity index (χ1v) is 13.2. The van der Waals surface area contributed by atoms with Crippen molar-refractivity contribution in [3.05, 3.63) is 47.4 Å². The number of hydrogen-bond acceptors (Lipinski definition) is 4. The van der Waals surface area contributed by atoms with Crippen molar-refractivity contribution in [2.75, 3.05) is 26.2 Å². The van der Waals surface area contributed by atoms with E-state index in [1.54, 1.807) is 4.57 Å². The van der Waals surface area contributed by atoms with Gasteiger partial charge in [0, 0.05) is 38.0 Å². The molecule has 0 saturated carbocycles. The van der Waals surface area contributed by atoms with E-state index in [-0.39, 0.29) is 34.4 Å². The van der Waals surface area contributed by atoms with Crippen LogP contribution >= 0.6 is 0 Å². The molecule has 2 N–H and O–H groups in total. The largest absolute Gasteiger partial charge is 0.376 e. The average molecular weight is 497 g/mol. The molecule has 1 aromatic carbocycles. The summed E-state index contributed by atoms with van der Waals surface area (Å²) in [5, 5.41) is 3.01. The first-order chi connectivity index (χ1) is 17.2. The molecule has 3 heterocycles. The third kappa shape index (κ3) is 5.91. The Hall–Kier alpha value is -2.87. The van der Waals surface area contributed by atoms with Crippen LogP contribution in [0.15, 0.2) is 41.7 Å². The van der Waals surface area contributed by atoms with Crippen molar-refractivity contribution in [2.24, 2.45) is 10.8 Å². The number of rotatable bonds is 10. The molecule has 0 radical (unpaired) electrons. The van der Waals surface area contributed by atoms with Crippen LogP contribution in [0, 0.1) is 10.8 Å². The van der Waals surface area contributed by atoms with Crippen LogP contribution in [0.3, 0.4) is 0 Å². The number of hydrogen-bond donors (Lipinski definition) is 2. The zero-order chi connectivity index (χ0) is 25.8. The molecule has 196 valence electrons. The Balaban J connectivity index is 1.18. The maximum Gasteiger partial charge on any atom is 0.326 e. The number of amides is 2. The van der Waals surface area contributed by atoms with E-state index in [9.17, 15) is 14.4 Å². The molecular formula is C28H40N4O4. The number of allylic oxidation sites excluding steroid dienone is 1. The summed E-state index contributed by atoms with van der Waals surface area (Å²) in [5.41, 5.74) is 1.27. The highest BCUT2D eigenvalue weighted by Gasteiger charge is 2.44. The van der Waals surface area contributed by atoms with Crippen molar-refractivity contribution in [3.8, 4) is 0 Å². The second-order valence-corrected chi connectivity index (χ2v) is 11.1. The van der Waals surface area contributed by atoms with Gasteiger partial charge in [0.1, 0.15) is 0 Å². The van der Waals surface area contributed by atoms with Gasteiger partial charge in [0.05, 0.1) is 23.7 Å². The molecule has 2 aromatic rings. The zero-order valence-corrected chi connectivity index (χ0v) is 21.7. The van der Waals surface area contributed by atoms with Crippen molar-refractivity contribution >= 4 is 22.8 Å². The van der Waals surface area contributed by atoms with Gasteiger partial charge in [-0.15, -0.1) is 6.58 Å². The van der Waals surface area contributed by atoms with Crippen LogP contribution in [0.1, 0.15) is 58.8 Å². The Morgan fingerprint density at radius 1 is 1.28 bits per heavy atom. The van der Waals surface area contributed by atoms with E-state index in [0.717, 1.165) is 56.2 Å². The Bertz CT molecular complexity index is 1140. The molecule has 8 nitrogen and oxygen atoms in total. The maximum absolute atomic E-state index is 13.0. The molecule has 4 rings (SSSR count). The molecular weight excluding hydrogens is 456 g/mol. The van der Waals surface area contributed by atoms with Gasteiger partial charge in [-0.05, 0) is 56.1 Å². The lowest BCUT2D eigenvalue weighted by atomic mass is 9.75. The molecule has 2 saturated heterocycles. The van der Waals surface area contributed by atoms with E-state index in [2.05, 4.69) is 16.9 Å². The lowest BCUT2D eigenvalue weighted by Crippen LogP contribution is -2.48. The second kappa shape index (κ2) is 11.0. The summed E-state index contributed by atoms with van der Waals surface area (Å²) in [6.45, 7) is 11.1. The smallest absolute Gasteiger partial charge is 0.326 e. The van der Waals surface area contributed by atoms with Crippen LogP contribution < -0.4 is 11.0 Å². The van der Waals surface area contributed by atoms with Crippen molar-refractivity contribution in [3.63, 3.8) is 0 Å². The maximum atomic E-state index is 13.0. The number of aromatic nitrogens is 2. The number of carbonyl (C=O) groups excluding carboxylic acids is 2. The highest BCUT2D eigenvalue weighted by Crippen LogP contribution is 2.42. The lowest BCUT2D eigenvalue weighted by Gasteiger charge is -2.41. The molecule has 0 bridgehead atoms. The number of nitrogens with zero attached hydrogens (tertiary/aromatic N) is 2. The SMILES string of the molecule is C=CCCC(C)(C)C(=O)N1CCC2(CC1)COC(CNC(=O)CCCn1c(=O)[nH]c3ccccc31)C2. The van der Waals surface area contributed by atoms with Gasteiger partial charge >= 0.3 is 5.69 Å². The van der Waals surface area contributed by atoms with E-state index in [4.69, 9.17) is 4.74 Å². The van der Waals surface area contributed by atoms with Gasteiger partial charge in [0.2, 0.25) is 11.8 Å². The van der Waals surface area contributed by atoms with Crippen molar-refractivity contribution in [2.45, 2.75) is 71.4 Å². The fourth-order valence-electron chi connectivity index (χ4n) is 5.60. The van der Waals surface area contributed by atoms with Gasteiger partial charge in [0.25, 0.3) is 0 Å². The third-order valence-electron chi connectivity index (χ3n) is 7.94. The first-order valence-electron chi connectivity index (χ1n) is 13.2. The number of benzene rings is 1. The van der Waals surface area contributed by atoms with E-state index >= 15 is 0 Å². The topological polar surface area (TPSA) is 96.4 Å².